The van der Waals surface area contributed by atoms with Crippen molar-refractivity contribution < 1.29 is 32.4 Å². The van der Waals surface area contributed by atoms with Gasteiger partial charge in [-0.05, 0) is 47.9 Å². The molecule has 1 saturated heterocycles. The van der Waals surface area contributed by atoms with Crippen molar-refractivity contribution in [3.8, 4) is 17.6 Å². The number of H-pyrrole nitrogens is 1. The van der Waals surface area contributed by atoms with E-state index < -0.39 is 55.9 Å². The fraction of sp³-hybridized carbons (Fsp3) is 0.343. The lowest BCUT2D eigenvalue weighted by Crippen LogP contribution is -2.44. The molecule has 6 atom stereocenters. The Morgan fingerprint density at radius 3 is 2.08 bits per heavy atom. The van der Waals surface area contributed by atoms with Gasteiger partial charge in [0, 0.05) is 18.9 Å². The first-order chi connectivity index (χ1) is 23.2. The number of nitrogens with zero attached hydrogens (tertiary/aromatic N) is 2. The Labute approximate surface area is 278 Å². The summed E-state index contributed by atoms with van der Waals surface area (Å²) < 4.78 is 53.6. The molecule has 0 aliphatic carbocycles. The van der Waals surface area contributed by atoms with Gasteiger partial charge in [-0.1, -0.05) is 54.6 Å². The molecular formula is C35H37FN3O8P. The molecule has 4 aromatic rings. The molecule has 0 saturated carbocycles. The number of aromatic amines is 1. The van der Waals surface area contributed by atoms with Crippen LogP contribution in [-0.4, -0.2) is 61.5 Å². The van der Waals surface area contributed by atoms with Crippen molar-refractivity contribution in [1.29, 1.82) is 5.26 Å². The normalized spacial score (nSPS) is 20.5. The summed E-state index contributed by atoms with van der Waals surface area (Å²) in [6.07, 6.45) is -5.16. The smallest absolute Gasteiger partial charge is 0.330 e. The van der Waals surface area contributed by atoms with Crippen LogP contribution < -0.4 is 20.7 Å². The van der Waals surface area contributed by atoms with Crippen molar-refractivity contribution in [2.45, 2.75) is 49.7 Å². The van der Waals surface area contributed by atoms with Crippen molar-refractivity contribution in [1.82, 2.24) is 9.55 Å². The molecule has 0 radical (unpaired) electrons. The molecule has 1 fully saturated rings. The second-order valence-electron chi connectivity index (χ2n) is 11.0. The molecule has 1 aliphatic rings. The third-order valence-corrected chi connectivity index (χ3v) is 9.17. The van der Waals surface area contributed by atoms with Crippen LogP contribution in [0.25, 0.3) is 0 Å². The summed E-state index contributed by atoms with van der Waals surface area (Å²) in [5.41, 5.74) is -0.422. The van der Waals surface area contributed by atoms with E-state index in [4.69, 9.17) is 33.3 Å². The summed E-state index contributed by atoms with van der Waals surface area (Å²) in [6.45, 7) is 3.52. The fourth-order valence-corrected chi connectivity index (χ4v) is 6.78. The van der Waals surface area contributed by atoms with E-state index in [0.29, 0.717) is 11.5 Å². The summed E-state index contributed by atoms with van der Waals surface area (Å²) in [4.78, 5) is 26.7. The highest BCUT2D eigenvalue weighted by Crippen LogP contribution is 2.47. The number of ether oxygens (including phenoxy) is 4. The second-order valence-corrected chi connectivity index (χ2v) is 12.4. The monoisotopic (exact) mass is 677 g/mol. The molecule has 0 spiro atoms. The molecule has 2 heterocycles. The lowest BCUT2D eigenvalue weighted by molar-refractivity contribution is -0.135. The minimum atomic E-state index is -1.86. The first kappa shape index (κ1) is 35.0. The van der Waals surface area contributed by atoms with Crippen molar-refractivity contribution in [3.63, 3.8) is 0 Å². The van der Waals surface area contributed by atoms with Crippen LogP contribution in [0.2, 0.25) is 0 Å². The first-order valence-corrected chi connectivity index (χ1v) is 16.9. The maximum atomic E-state index is 16.5. The number of nitriles is 1. The molecular weight excluding hydrogens is 640 g/mol. The van der Waals surface area contributed by atoms with Crippen LogP contribution >= 0.6 is 8.38 Å². The lowest BCUT2D eigenvalue weighted by Gasteiger charge is -2.40. The molecule has 1 aliphatic heterocycles. The van der Waals surface area contributed by atoms with E-state index in [1.807, 2.05) is 84.9 Å². The van der Waals surface area contributed by atoms with Gasteiger partial charge < -0.3 is 28.0 Å². The number of halogens is 1. The number of nitrogens with one attached hydrogen (secondary N) is 1. The second kappa shape index (κ2) is 15.7. The largest absolute Gasteiger partial charge is 0.497 e. The fourth-order valence-electron chi connectivity index (χ4n) is 5.80. The van der Waals surface area contributed by atoms with E-state index in [2.05, 4.69) is 4.98 Å². The van der Waals surface area contributed by atoms with Crippen LogP contribution in [0.3, 0.4) is 0 Å². The van der Waals surface area contributed by atoms with Gasteiger partial charge in [-0.2, -0.15) is 5.26 Å². The minimum Gasteiger partial charge on any atom is -0.497 e. The van der Waals surface area contributed by atoms with Gasteiger partial charge in [0.1, 0.15) is 29.3 Å². The average Bonchev–Trinajstić information content (AvgIpc) is 3.42. The number of methoxy groups -OCH3 is 2. The minimum absolute atomic E-state index is 0.106. The number of hydrogen-bond acceptors (Lipinski definition) is 9. The summed E-state index contributed by atoms with van der Waals surface area (Å²) in [5, 5.41) is 8.94. The van der Waals surface area contributed by atoms with Crippen LogP contribution in [0.4, 0.5) is 4.39 Å². The van der Waals surface area contributed by atoms with Crippen molar-refractivity contribution in [2.75, 3.05) is 27.5 Å². The van der Waals surface area contributed by atoms with E-state index in [0.717, 1.165) is 27.3 Å². The standard InChI is InChI=1S/C35H37FN3O8P/c1-23(31-32(47-48(4)44-22-8-20-37)30(36)33(45-31)39-21-19-29(40)38-34(39)41)46-35(24-9-6-5-7-10-24,25-11-15-27(42-2)16-12-25)26-13-17-28(43-3)18-14-26/h5-7,9-19,21,23,30-33H,8,22H2,1-4H3,(H,38,40,41)/t23-,30-,31?,32+,33-,48?/m1/s1. The maximum Gasteiger partial charge on any atom is 0.330 e. The van der Waals surface area contributed by atoms with Gasteiger partial charge in [-0.25, -0.2) is 9.18 Å². The molecule has 2 unspecified atom stereocenters. The number of alkyl halides is 1. The Balaban J connectivity index is 1.61. The van der Waals surface area contributed by atoms with Crippen molar-refractivity contribution >= 4 is 8.38 Å². The zero-order valence-corrected chi connectivity index (χ0v) is 27.8. The van der Waals surface area contributed by atoms with E-state index >= 15 is 4.39 Å². The molecule has 252 valence electrons. The first-order valence-electron chi connectivity index (χ1n) is 15.3. The number of hydrogen-bond donors (Lipinski definition) is 1. The molecule has 1 N–H and O–H groups in total. The van der Waals surface area contributed by atoms with Crippen molar-refractivity contribution in [2.24, 2.45) is 0 Å². The van der Waals surface area contributed by atoms with Gasteiger partial charge in [0.15, 0.2) is 20.8 Å². The predicted molar refractivity (Wildman–Crippen MR) is 177 cm³/mol. The molecule has 0 bridgehead atoms. The quantitative estimate of drug-likeness (QED) is 0.105. The molecule has 5 rings (SSSR count). The molecule has 0 amide bonds. The molecule has 11 nitrogen and oxygen atoms in total. The van der Waals surface area contributed by atoms with Crippen LogP contribution in [0.15, 0.2) is 101 Å². The molecule has 13 heteroatoms. The highest BCUT2D eigenvalue weighted by molar-refractivity contribution is 7.46. The summed E-state index contributed by atoms with van der Waals surface area (Å²) >= 11 is 0. The zero-order valence-electron chi connectivity index (χ0n) is 26.9. The maximum absolute atomic E-state index is 16.5. The number of rotatable bonds is 14. The predicted octanol–water partition coefficient (Wildman–Crippen LogP) is 5.44. The van der Waals surface area contributed by atoms with Gasteiger partial charge in [0.25, 0.3) is 5.56 Å². The Morgan fingerprint density at radius 1 is 0.958 bits per heavy atom. The summed E-state index contributed by atoms with van der Waals surface area (Å²) in [6, 6.07) is 27.7. The molecule has 3 aromatic carbocycles. The Morgan fingerprint density at radius 2 is 1.54 bits per heavy atom. The number of aromatic nitrogens is 2. The summed E-state index contributed by atoms with van der Waals surface area (Å²) in [5.74, 6) is 1.30. The molecule has 48 heavy (non-hydrogen) atoms. The highest BCUT2D eigenvalue weighted by atomic mass is 31.2. The van der Waals surface area contributed by atoms with Gasteiger partial charge in [0.05, 0.1) is 39.4 Å². The average molecular weight is 678 g/mol. The third-order valence-electron chi connectivity index (χ3n) is 8.09. The van der Waals surface area contributed by atoms with Crippen LogP contribution in [-0.2, 0) is 24.1 Å². The Kier molecular flexibility index (Phi) is 11.4. The Bertz CT molecular complexity index is 1750. The van der Waals surface area contributed by atoms with Gasteiger partial charge in [-0.3, -0.25) is 14.3 Å². The van der Waals surface area contributed by atoms with E-state index in [1.54, 1.807) is 27.8 Å². The molecule has 1 aromatic heterocycles. The van der Waals surface area contributed by atoms with Crippen molar-refractivity contribution in [3.05, 3.63) is 129 Å². The lowest BCUT2D eigenvalue weighted by atomic mass is 9.79. The van der Waals surface area contributed by atoms with Crippen LogP contribution in [0.1, 0.15) is 36.3 Å². The Hall–Kier alpha value is -4.37. The van der Waals surface area contributed by atoms with Gasteiger partial charge in [-0.15, -0.1) is 0 Å². The van der Waals surface area contributed by atoms with Crippen LogP contribution in [0.5, 0.6) is 11.5 Å². The number of benzene rings is 3. The topological polar surface area (TPSA) is 134 Å². The zero-order chi connectivity index (χ0) is 34.3. The van der Waals surface area contributed by atoms with E-state index in [-0.39, 0.29) is 13.0 Å². The van der Waals surface area contributed by atoms with Crippen LogP contribution in [0, 0.1) is 11.3 Å². The SMILES string of the molecule is COc1ccc(C(O[C@H](C)C2O[C@@H](n3ccc(=O)[nH]c3=O)[C@H](F)[C@@H]2OP(C)OCCC#N)(c2ccccc2)c2ccc(OC)cc2)cc1. The third kappa shape index (κ3) is 7.36. The van der Waals surface area contributed by atoms with E-state index in [9.17, 15) is 9.59 Å². The highest BCUT2D eigenvalue weighted by Gasteiger charge is 2.52. The van der Waals surface area contributed by atoms with Gasteiger partial charge in [0.2, 0.25) is 0 Å². The summed E-state index contributed by atoms with van der Waals surface area (Å²) in [7, 11) is 1.52. The van der Waals surface area contributed by atoms with Gasteiger partial charge >= 0.3 is 5.69 Å². The van der Waals surface area contributed by atoms with E-state index in [1.165, 1.54) is 6.20 Å².